The van der Waals surface area contributed by atoms with E-state index in [1.807, 2.05) is 11.3 Å². The molecule has 3 aromatic rings. The number of aromatic nitrogens is 1. The third kappa shape index (κ3) is 2.56. The molecule has 0 aliphatic heterocycles. The molecule has 25 heavy (non-hydrogen) atoms. The summed E-state index contributed by atoms with van der Waals surface area (Å²) in [4.78, 5) is 7.73. The second-order valence-corrected chi connectivity index (χ2v) is 9.08. The molecule has 4 rings (SSSR count). The molecule has 1 N–H and O–H groups in total. The maximum absolute atomic E-state index is 3.75. The smallest absolute Gasteiger partial charge is 0.0549 e. The van der Waals surface area contributed by atoms with E-state index >= 15 is 0 Å². The van der Waals surface area contributed by atoms with Crippen LogP contribution < -0.4 is 0 Å². The zero-order valence-corrected chi connectivity index (χ0v) is 16.5. The largest absolute Gasteiger partial charge is 0.358 e. The van der Waals surface area contributed by atoms with Gasteiger partial charge in [0.1, 0.15) is 0 Å². The van der Waals surface area contributed by atoms with Crippen LogP contribution in [0.25, 0.3) is 10.9 Å². The molecule has 2 nitrogen and oxygen atoms in total. The Hall–Kier alpha value is -1.58. The quantitative estimate of drug-likeness (QED) is 0.628. The lowest BCUT2D eigenvalue weighted by Gasteiger charge is -2.48. The van der Waals surface area contributed by atoms with E-state index in [1.165, 1.54) is 52.7 Å². The SMILES string of the molecule is Cc1c(C2(C)CCC(c3cccs3)(N(C)C)CC2)[nH]c2ccccc12. The van der Waals surface area contributed by atoms with Crippen LogP contribution in [0.1, 0.15) is 48.7 Å². The number of nitrogens with one attached hydrogen (secondary N) is 1. The molecule has 1 aliphatic rings. The molecule has 2 aromatic heterocycles. The highest BCUT2D eigenvalue weighted by atomic mass is 32.1. The minimum absolute atomic E-state index is 0.202. The molecular weight excluding hydrogens is 324 g/mol. The average Bonchev–Trinajstić information content (AvgIpc) is 3.25. The number of hydrogen-bond acceptors (Lipinski definition) is 2. The first-order valence-corrected chi connectivity index (χ1v) is 10.1. The van der Waals surface area contributed by atoms with E-state index in [0.29, 0.717) is 0 Å². The molecule has 3 heteroatoms. The predicted octanol–water partition coefficient (Wildman–Crippen LogP) is 5.83. The Kier molecular flexibility index (Phi) is 4.04. The molecule has 2 heterocycles. The maximum Gasteiger partial charge on any atom is 0.0549 e. The fourth-order valence-electron chi connectivity index (χ4n) is 4.81. The zero-order chi connectivity index (χ0) is 17.7. The van der Waals surface area contributed by atoms with Crippen LogP contribution in [0, 0.1) is 6.92 Å². The van der Waals surface area contributed by atoms with Gasteiger partial charge in [0.05, 0.1) is 5.54 Å². The fourth-order valence-corrected chi connectivity index (χ4v) is 5.88. The van der Waals surface area contributed by atoms with Crippen LogP contribution in [-0.4, -0.2) is 24.0 Å². The summed E-state index contributed by atoms with van der Waals surface area (Å²) in [6.07, 6.45) is 4.87. The van der Waals surface area contributed by atoms with Gasteiger partial charge in [-0.15, -0.1) is 11.3 Å². The van der Waals surface area contributed by atoms with Crippen LogP contribution >= 0.6 is 11.3 Å². The number of para-hydroxylation sites is 1. The predicted molar refractivity (Wildman–Crippen MR) is 109 cm³/mol. The molecule has 1 aromatic carbocycles. The first-order chi connectivity index (χ1) is 12.0. The van der Waals surface area contributed by atoms with E-state index in [0.717, 1.165) is 0 Å². The second-order valence-electron chi connectivity index (χ2n) is 8.13. The maximum atomic E-state index is 3.75. The van der Waals surface area contributed by atoms with E-state index in [1.54, 1.807) is 0 Å². The van der Waals surface area contributed by atoms with Crippen molar-refractivity contribution in [2.45, 2.75) is 50.5 Å². The van der Waals surface area contributed by atoms with Gasteiger partial charge < -0.3 is 4.98 Å². The first-order valence-electron chi connectivity index (χ1n) is 9.25. The summed E-state index contributed by atoms with van der Waals surface area (Å²) in [6, 6.07) is 13.2. The molecule has 132 valence electrons. The summed E-state index contributed by atoms with van der Waals surface area (Å²) in [5, 5.41) is 3.59. The molecule has 1 fully saturated rings. The molecule has 0 atom stereocenters. The number of rotatable bonds is 3. The highest BCUT2D eigenvalue weighted by molar-refractivity contribution is 7.10. The summed E-state index contributed by atoms with van der Waals surface area (Å²) in [5.74, 6) is 0. The molecule has 1 saturated carbocycles. The Morgan fingerprint density at radius 3 is 2.32 bits per heavy atom. The van der Waals surface area contributed by atoms with E-state index in [2.05, 4.69) is 79.6 Å². The zero-order valence-electron chi connectivity index (χ0n) is 15.7. The monoisotopic (exact) mass is 352 g/mol. The van der Waals surface area contributed by atoms with Crippen LogP contribution in [0.3, 0.4) is 0 Å². The Balaban J connectivity index is 1.68. The lowest BCUT2D eigenvalue weighted by atomic mass is 9.65. The lowest BCUT2D eigenvalue weighted by molar-refractivity contribution is 0.0717. The second kappa shape index (κ2) is 6.00. The lowest BCUT2D eigenvalue weighted by Crippen LogP contribution is -2.47. The van der Waals surface area contributed by atoms with Gasteiger partial charge in [-0.3, -0.25) is 4.90 Å². The molecule has 0 saturated heterocycles. The van der Waals surface area contributed by atoms with Crippen LogP contribution in [-0.2, 0) is 11.0 Å². The van der Waals surface area contributed by atoms with E-state index < -0.39 is 0 Å². The molecule has 0 spiro atoms. The van der Waals surface area contributed by atoms with Gasteiger partial charge in [-0.25, -0.2) is 0 Å². The number of H-pyrrole nitrogens is 1. The number of aryl methyl sites for hydroxylation is 1. The van der Waals surface area contributed by atoms with Crippen molar-refractivity contribution in [3.05, 3.63) is 57.9 Å². The average molecular weight is 353 g/mol. The van der Waals surface area contributed by atoms with E-state index in [9.17, 15) is 0 Å². The summed E-state index contributed by atoms with van der Waals surface area (Å²) >= 11 is 1.91. The first kappa shape index (κ1) is 16.9. The van der Waals surface area contributed by atoms with Gasteiger partial charge in [0.25, 0.3) is 0 Å². The Morgan fingerprint density at radius 1 is 1.00 bits per heavy atom. The number of fused-ring (bicyclic) bond motifs is 1. The molecule has 0 radical (unpaired) electrons. The van der Waals surface area contributed by atoms with Gasteiger partial charge in [-0.2, -0.15) is 0 Å². The van der Waals surface area contributed by atoms with E-state index in [-0.39, 0.29) is 11.0 Å². The summed E-state index contributed by atoms with van der Waals surface area (Å²) in [5.41, 5.74) is 4.60. The van der Waals surface area contributed by atoms with Gasteiger partial charge >= 0.3 is 0 Å². The van der Waals surface area contributed by atoms with Crippen molar-refractivity contribution >= 4 is 22.2 Å². The molecule has 0 unspecified atom stereocenters. The van der Waals surface area contributed by atoms with Gasteiger partial charge in [-0.05, 0) is 69.8 Å². The van der Waals surface area contributed by atoms with Crippen molar-refractivity contribution < 1.29 is 0 Å². The van der Waals surface area contributed by atoms with Crippen LogP contribution in [0.4, 0.5) is 0 Å². The van der Waals surface area contributed by atoms with Crippen molar-refractivity contribution in [3.63, 3.8) is 0 Å². The third-order valence-corrected chi connectivity index (χ3v) is 7.65. The van der Waals surface area contributed by atoms with E-state index in [4.69, 9.17) is 0 Å². The highest BCUT2D eigenvalue weighted by Crippen LogP contribution is 2.51. The highest BCUT2D eigenvalue weighted by Gasteiger charge is 2.45. The summed E-state index contributed by atoms with van der Waals surface area (Å²) in [6.45, 7) is 4.74. The summed E-state index contributed by atoms with van der Waals surface area (Å²) < 4.78 is 0. The van der Waals surface area contributed by atoms with Gasteiger partial charge in [0, 0.05) is 26.9 Å². The molecule has 0 bridgehead atoms. The van der Waals surface area contributed by atoms with Crippen molar-refractivity contribution in [1.82, 2.24) is 9.88 Å². The topological polar surface area (TPSA) is 19.0 Å². The van der Waals surface area contributed by atoms with Crippen molar-refractivity contribution in [3.8, 4) is 0 Å². The van der Waals surface area contributed by atoms with Crippen LogP contribution in [0.5, 0.6) is 0 Å². The molecule has 1 aliphatic carbocycles. The Bertz CT molecular complexity index is 865. The molecule has 0 amide bonds. The van der Waals surface area contributed by atoms with Crippen LogP contribution in [0.15, 0.2) is 41.8 Å². The van der Waals surface area contributed by atoms with Crippen LogP contribution in [0.2, 0.25) is 0 Å². The normalized spacial score (nSPS) is 27.2. The Morgan fingerprint density at radius 2 is 1.72 bits per heavy atom. The van der Waals surface area contributed by atoms with Gasteiger partial charge in [0.2, 0.25) is 0 Å². The van der Waals surface area contributed by atoms with Crippen molar-refractivity contribution in [2.75, 3.05) is 14.1 Å². The molecular formula is C22H28N2S. The number of thiophene rings is 1. The minimum atomic E-state index is 0.202. The fraction of sp³-hybridized carbons (Fsp3) is 0.455. The van der Waals surface area contributed by atoms with Crippen molar-refractivity contribution in [1.29, 1.82) is 0 Å². The number of aromatic amines is 1. The number of nitrogens with zero attached hydrogens (tertiary/aromatic N) is 1. The Labute approximate surface area is 154 Å². The summed E-state index contributed by atoms with van der Waals surface area (Å²) in [7, 11) is 4.49. The standard InChI is InChI=1S/C22H28N2S/c1-16-17-8-5-6-9-18(17)23-20(16)21(2)11-13-22(14-12-21,24(3)4)19-10-7-15-25-19/h5-10,15,23H,11-14H2,1-4H3. The minimum Gasteiger partial charge on any atom is -0.358 e. The number of benzene rings is 1. The number of hydrogen-bond donors (Lipinski definition) is 1. The van der Waals surface area contributed by atoms with Crippen molar-refractivity contribution in [2.24, 2.45) is 0 Å². The van der Waals surface area contributed by atoms with Gasteiger partial charge in [0.15, 0.2) is 0 Å². The van der Waals surface area contributed by atoms with Gasteiger partial charge in [-0.1, -0.05) is 31.2 Å². The third-order valence-electron chi connectivity index (χ3n) is 6.59.